The van der Waals surface area contributed by atoms with Crippen molar-refractivity contribution in [1.29, 1.82) is 0 Å². The van der Waals surface area contributed by atoms with Crippen LogP contribution in [0.1, 0.15) is 13.3 Å². The van der Waals surface area contributed by atoms with Gasteiger partial charge in [0.1, 0.15) is 6.73 Å². The number of hydrogen-bond acceptors (Lipinski definition) is 2. The summed E-state index contributed by atoms with van der Waals surface area (Å²) >= 11 is 0. The van der Waals surface area contributed by atoms with Crippen LogP contribution in [0.4, 0.5) is 4.79 Å². The smallest absolute Gasteiger partial charge is 0.316 e. The molecule has 0 fully saturated rings. The molecule has 3 N–H and O–H groups in total. The van der Waals surface area contributed by atoms with E-state index in [1.807, 2.05) is 6.92 Å². The first kappa shape index (κ1) is 8.23. The van der Waals surface area contributed by atoms with Gasteiger partial charge in [-0.1, -0.05) is 6.92 Å². The number of amides is 2. The third-order valence-electron chi connectivity index (χ3n) is 0.976. The van der Waals surface area contributed by atoms with Crippen molar-refractivity contribution in [3.05, 3.63) is 0 Å². The molecule has 0 rings (SSSR count). The van der Waals surface area contributed by atoms with Crippen LogP contribution in [0, 0.1) is 0 Å². The standard InChI is InChI=1S/C5H12N2O2/c1-2-3-7(4-8)5(6)9/h8H,2-4H2,1H3,(H2,6,9). The van der Waals surface area contributed by atoms with E-state index in [1.165, 1.54) is 4.90 Å². The average Bonchev–Trinajstić information content (AvgIpc) is 1.82. The number of nitrogens with two attached hydrogens (primary N) is 1. The van der Waals surface area contributed by atoms with Gasteiger partial charge < -0.3 is 15.7 Å². The molecule has 2 amide bonds. The molecule has 0 bridgehead atoms. The first-order valence-electron chi connectivity index (χ1n) is 2.87. The summed E-state index contributed by atoms with van der Waals surface area (Å²) in [4.78, 5) is 11.5. The van der Waals surface area contributed by atoms with E-state index in [-0.39, 0.29) is 6.73 Å². The van der Waals surface area contributed by atoms with Crippen LogP contribution in [0.25, 0.3) is 0 Å². The van der Waals surface area contributed by atoms with Crippen LogP contribution < -0.4 is 5.73 Å². The van der Waals surface area contributed by atoms with Gasteiger partial charge in [-0.25, -0.2) is 4.79 Å². The van der Waals surface area contributed by atoms with Crippen molar-refractivity contribution < 1.29 is 9.90 Å². The van der Waals surface area contributed by atoms with Crippen molar-refractivity contribution in [1.82, 2.24) is 4.90 Å². The van der Waals surface area contributed by atoms with Gasteiger partial charge in [-0.3, -0.25) is 0 Å². The van der Waals surface area contributed by atoms with E-state index < -0.39 is 6.03 Å². The molecule has 0 saturated carbocycles. The van der Waals surface area contributed by atoms with Gasteiger partial charge >= 0.3 is 6.03 Å². The maximum absolute atomic E-state index is 10.3. The molecule has 4 nitrogen and oxygen atoms in total. The monoisotopic (exact) mass is 132 g/mol. The first-order valence-corrected chi connectivity index (χ1v) is 2.87. The Labute approximate surface area is 54.3 Å². The zero-order valence-electron chi connectivity index (χ0n) is 5.50. The minimum absolute atomic E-state index is 0.289. The average molecular weight is 132 g/mol. The molecule has 54 valence electrons. The lowest BCUT2D eigenvalue weighted by atomic mass is 10.4. The maximum Gasteiger partial charge on any atom is 0.316 e. The van der Waals surface area contributed by atoms with Crippen molar-refractivity contribution in [2.45, 2.75) is 13.3 Å². The minimum Gasteiger partial charge on any atom is -0.376 e. The predicted octanol–water partition coefficient (Wildman–Crippen LogP) is -0.273. The maximum atomic E-state index is 10.3. The number of hydrogen-bond donors (Lipinski definition) is 2. The second kappa shape index (κ2) is 4.14. The molecule has 0 aliphatic rings. The number of rotatable bonds is 3. The molecule has 0 atom stereocenters. The number of urea groups is 1. The highest BCUT2D eigenvalue weighted by molar-refractivity contribution is 5.71. The second-order valence-electron chi connectivity index (χ2n) is 1.74. The van der Waals surface area contributed by atoms with Crippen LogP contribution in [0.3, 0.4) is 0 Å². The summed E-state index contributed by atoms with van der Waals surface area (Å²) in [5, 5.41) is 8.45. The summed E-state index contributed by atoms with van der Waals surface area (Å²) in [6.45, 7) is 2.14. The molecule has 0 aliphatic carbocycles. The van der Waals surface area contributed by atoms with Crippen molar-refractivity contribution in [2.24, 2.45) is 5.73 Å². The Morgan fingerprint density at radius 1 is 1.78 bits per heavy atom. The highest BCUT2D eigenvalue weighted by atomic mass is 16.3. The third-order valence-corrected chi connectivity index (χ3v) is 0.976. The minimum atomic E-state index is -0.570. The Hall–Kier alpha value is -0.770. The lowest BCUT2D eigenvalue weighted by molar-refractivity contribution is 0.128. The van der Waals surface area contributed by atoms with Gasteiger partial charge in [-0.15, -0.1) is 0 Å². The number of aliphatic hydroxyl groups excluding tert-OH is 1. The van der Waals surface area contributed by atoms with Crippen LogP contribution in [0.2, 0.25) is 0 Å². The van der Waals surface area contributed by atoms with E-state index in [2.05, 4.69) is 0 Å². The van der Waals surface area contributed by atoms with Gasteiger partial charge in [0.2, 0.25) is 0 Å². The Kier molecular flexibility index (Phi) is 3.79. The topological polar surface area (TPSA) is 66.6 Å². The summed E-state index contributed by atoms with van der Waals surface area (Å²) in [7, 11) is 0. The molecule has 0 spiro atoms. The van der Waals surface area contributed by atoms with E-state index in [4.69, 9.17) is 10.8 Å². The SMILES string of the molecule is CCCN(CO)C(N)=O. The summed E-state index contributed by atoms with van der Waals surface area (Å²) in [6, 6.07) is -0.570. The molecule has 0 aliphatic heterocycles. The van der Waals surface area contributed by atoms with E-state index >= 15 is 0 Å². The Bertz CT molecular complexity index is 95.0. The molecular weight excluding hydrogens is 120 g/mol. The molecule has 0 saturated heterocycles. The lowest BCUT2D eigenvalue weighted by Gasteiger charge is -2.14. The van der Waals surface area contributed by atoms with E-state index in [0.29, 0.717) is 6.54 Å². The number of nitrogens with zero attached hydrogens (tertiary/aromatic N) is 1. The van der Waals surface area contributed by atoms with Gasteiger partial charge in [0.05, 0.1) is 0 Å². The fourth-order valence-electron chi connectivity index (χ4n) is 0.521. The van der Waals surface area contributed by atoms with E-state index in [0.717, 1.165) is 6.42 Å². The Morgan fingerprint density at radius 2 is 2.33 bits per heavy atom. The van der Waals surface area contributed by atoms with Crippen molar-refractivity contribution in [2.75, 3.05) is 13.3 Å². The van der Waals surface area contributed by atoms with E-state index in [9.17, 15) is 4.79 Å². The fraction of sp³-hybridized carbons (Fsp3) is 0.800. The molecule has 0 aromatic rings. The van der Waals surface area contributed by atoms with Gasteiger partial charge in [0.25, 0.3) is 0 Å². The van der Waals surface area contributed by atoms with Crippen LogP contribution >= 0.6 is 0 Å². The molecule has 0 aromatic carbocycles. The number of aliphatic hydroxyl groups is 1. The Morgan fingerprint density at radius 3 is 2.44 bits per heavy atom. The van der Waals surface area contributed by atoms with Gasteiger partial charge in [-0.05, 0) is 6.42 Å². The highest BCUT2D eigenvalue weighted by Gasteiger charge is 2.03. The molecule has 4 heteroatoms. The number of carbonyl (C=O) groups excluding carboxylic acids is 1. The van der Waals surface area contributed by atoms with Gasteiger partial charge in [-0.2, -0.15) is 0 Å². The summed E-state index contributed by atoms with van der Waals surface area (Å²) in [6.07, 6.45) is 0.809. The quantitative estimate of drug-likeness (QED) is 0.519. The summed E-state index contributed by atoms with van der Waals surface area (Å²) < 4.78 is 0. The molecule has 0 radical (unpaired) electrons. The van der Waals surface area contributed by atoms with Gasteiger partial charge in [0.15, 0.2) is 0 Å². The molecule has 0 aromatic heterocycles. The van der Waals surface area contributed by atoms with Crippen LogP contribution in [0.5, 0.6) is 0 Å². The van der Waals surface area contributed by atoms with Crippen LogP contribution in [-0.2, 0) is 0 Å². The van der Waals surface area contributed by atoms with Crippen molar-refractivity contribution in [3.63, 3.8) is 0 Å². The van der Waals surface area contributed by atoms with Gasteiger partial charge in [0, 0.05) is 6.54 Å². The molecule has 0 heterocycles. The van der Waals surface area contributed by atoms with Crippen LogP contribution in [0.15, 0.2) is 0 Å². The summed E-state index contributed by atoms with van der Waals surface area (Å²) in [5.74, 6) is 0. The molecule has 0 unspecified atom stereocenters. The number of primary amides is 1. The fourth-order valence-corrected chi connectivity index (χ4v) is 0.521. The zero-order valence-corrected chi connectivity index (χ0v) is 5.50. The van der Waals surface area contributed by atoms with Crippen molar-refractivity contribution in [3.8, 4) is 0 Å². The summed E-state index contributed by atoms with van der Waals surface area (Å²) in [5.41, 5.74) is 4.86. The molecule has 9 heavy (non-hydrogen) atoms. The normalized spacial score (nSPS) is 9.11. The first-order chi connectivity index (χ1) is 4.22. The van der Waals surface area contributed by atoms with E-state index in [1.54, 1.807) is 0 Å². The predicted molar refractivity (Wildman–Crippen MR) is 33.7 cm³/mol. The second-order valence-corrected chi connectivity index (χ2v) is 1.74. The number of carbonyl (C=O) groups is 1. The van der Waals surface area contributed by atoms with Crippen LogP contribution in [-0.4, -0.2) is 29.3 Å². The molecular formula is C5H12N2O2. The largest absolute Gasteiger partial charge is 0.376 e. The van der Waals surface area contributed by atoms with Crippen molar-refractivity contribution >= 4 is 6.03 Å². The Balaban J connectivity index is 3.54. The highest BCUT2D eigenvalue weighted by Crippen LogP contribution is 1.86. The zero-order chi connectivity index (χ0) is 7.28. The lowest BCUT2D eigenvalue weighted by Crippen LogP contribution is -2.36. The third kappa shape index (κ3) is 2.92.